The normalized spacial score (nSPS) is 10.9. The highest BCUT2D eigenvalue weighted by Gasteiger charge is 2.12. The maximum absolute atomic E-state index is 12.2. The van der Waals surface area contributed by atoms with E-state index in [1.807, 2.05) is 18.2 Å². The second-order valence-electron chi connectivity index (χ2n) is 7.34. The van der Waals surface area contributed by atoms with Crippen LogP contribution in [0.25, 0.3) is 22.1 Å². The number of nitrogen functional groups attached to an aromatic ring is 1. The number of fused-ring (bicyclic) bond motifs is 1. The monoisotopic (exact) mass is 449 g/mol. The number of nitrogens with one attached hydrogen (secondary N) is 1. The van der Waals surface area contributed by atoms with Crippen molar-refractivity contribution < 1.29 is 19.1 Å². The zero-order valence-electron chi connectivity index (χ0n) is 17.0. The predicted molar refractivity (Wildman–Crippen MR) is 122 cm³/mol. The Bertz CT molecular complexity index is 1280. The molecule has 4 aromatic rings. The number of aryl methyl sites for hydroxylation is 1. The Hall–Kier alpha value is -3.84. The molecular formula is C24H20ClN3O4. The molecule has 162 valence electrons. The molecule has 1 amide bonds. The highest BCUT2D eigenvalue weighted by molar-refractivity contribution is 6.35. The van der Waals surface area contributed by atoms with Gasteiger partial charge in [-0.1, -0.05) is 29.8 Å². The third kappa shape index (κ3) is 4.90. The van der Waals surface area contributed by atoms with Gasteiger partial charge in [0.1, 0.15) is 11.6 Å². The first-order chi connectivity index (χ1) is 15.4. The number of aromatic nitrogens is 1. The molecule has 0 spiro atoms. The molecule has 0 fully saturated rings. The van der Waals surface area contributed by atoms with Gasteiger partial charge in [-0.2, -0.15) is 0 Å². The maximum atomic E-state index is 12.2. The zero-order chi connectivity index (χ0) is 22.7. The van der Waals surface area contributed by atoms with Crippen molar-refractivity contribution in [3.05, 3.63) is 82.7 Å². The first-order valence-corrected chi connectivity index (χ1v) is 10.3. The smallest absolute Gasteiger partial charge is 0.335 e. The Labute approximate surface area is 188 Å². The van der Waals surface area contributed by atoms with Crippen molar-refractivity contribution in [2.24, 2.45) is 0 Å². The minimum atomic E-state index is -0.975. The fourth-order valence-corrected chi connectivity index (χ4v) is 3.60. The number of carbonyl (C=O) groups is 2. The van der Waals surface area contributed by atoms with E-state index in [9.17, 15) is 9.59 Å². The van der Waals surface area contributed by atoms with Gasteiger partial charge in [0.15, 0.2) is 5.58 Å². The second kappa shape index (κ2) is 9.11. The second-order valence-corrected chi connectivity index (χ2v) is 7.75. The number of carboxylic acid groups (broad SMARTS) is 1. The van der Waals surface area contributed by atoms with Gasteiger partial charge in [0.25, 0.3) is 0 Å². The van der Waals surface area contributed by atoms with Gasteiger partial charge >= 0.3 is 5.97 Å². The third-order valence-electron chi connectivity index (χ3n) is 5.04. The molecule has 4 rings (SSSR count). The first-order valence-electron chi connectivity index (χ1n) is 9.92. The van der Waals surface area contributed by atoms with E-state index in [4.69, 9.17) is 26.9 Å². The van der Waals surface area contributed by atoms with Gasteiger partial charge < -0.3 is 20.6 Å². The van der Waals surface area contributed by atoms with E-state index in [1.54, 1.807) is 42.6 Å². The van der Waals surface area contributed by atoms with Crippen LogP contribution in [0.2, 0.25) is 5.02 Å². The van der Waals surface area contributed by atoms with Gasteiger partial charge in [-0.05, 0) is 59.5 Å². The van der Waals surface area contributed by atoms with Crippen LogP contribution in [-0.2, 0) is 17.8 Å². The summed E-state index contributed by atoms with van der Waals surface area (Å²) in [6.45, 7) is 0.243. The number of rotatable bonds is 7. The molecule has 2 heterocycles. The number of aromatic carboxylic acids is 1. The summed E-state index contributed by atoms with van der Waals surface area (Å²) >= 11 is 6.41. The Morgan fingerprint density at radius 2 is 1.84 bits per heavy atom. The van der Waals surface area contributed by atoms with Crippen molar-refractivity contribution in [2.75, 3.05) is 5.73 Å². The first kappa shape index (κ1) is 21.4. The molecule has 0 aliphatic carbocycles. The van der Waals surface area contributed by atoms with Crippen LogP contribution in [0, 0.1) is 0 Å². The minimum absolute atomic E-state index is 0.104. The van der Waals surface area contributed by atoms with E-state index < -0.39 is 5.97 Å². The summed E-state index contributed by atoms with van der Waals surface area (Å²) in [4.78, 5) is 27.2. The zero-order valence-corrected chi connectivity index (χ0v) is 17.7. The molecule has 0 aliphatic rings. The van der Waals surface area contributed by atoms with Crippen LogP contribution in [0.4, 0.5) is 5.82 Å². The lowest BCUT2D eigenvalue weighted by Crippen LogP contribution is -2.22. The van der Waals surface area contributed by atoms with E-state index in [0.29, 0.717) is 35.0 Å². The topological polar surface area (TPSA) is 118 Å². The number of pyridine rings is 1. The molecule has 32 heavy (non-hydrogen) atoms. The van der Waals surface area contributed by atoms with Crippen LogP contribution in [0.5, 0.6) is 0 Å². The highest BCUT2D eigenvalue weighted by atomic mass is 35.5. The number of hydrogen-bond acceptors (Lipinski definition) is 5. The molecule has 0 saturated carbocycles. The highest BCUT2D eigenvalue weighted by Crippen LogP contribution is 2.33. The van der Waals surface area contributed by atoms with Crippen LogP contribution < -0.4 is 11.1 Å². The molecular weight excluding hydrogens is 430 g/mol. The van der Waals surface area contributed by atoms with Crippen molar-refractivity contribution >= 4 is 40.3 Å². The van der Waals surface area contributed by atoms with Gasteiger partial charge in [-0.15, -0.1) is 0 Å². The van der Waals surface area contributed by atoms with Crippen LogP contribution >= 0.6 is 11.6 Å². The Morgan fingerprint density at radius 3 is 2.53 bits per heavy atom. The van der Waals surface area contributed by atoms with Gasteiger partial charge in [0.05, 0.1) is 17.1 Å². The van der Waals surface area contributed by atoms with E-state index in [1.165, 1.54) is 0 Å². The Balaban J connectivity index is 1.42. The number of nitrogens with two attached hydrogens (primary N) is 1. The number of anilines is 1. The summed E-state index contributed by atoms with van der Waals surface area (Å²) in [7, 11) is 0. The summed E-state index contributed by atoms with van der Waals surface area (Å²) < 4.78 is 5.82. The number of nitrogens with zero attached hydrogens (tertiary/aromatic N) is 1. The lowest BCUT2D eigenvalue weighted by atomic mass is 10.0. The summed E-state index contributed by atoms with van der Waals surface area (Å²) in [5, 5.41) is 13.1. The fourth-order valence-electron chi connectivity index (χ4n) is 3.34. The van der Waals surface area contributed by atoms with E-state index >= 15 is 0 Å². The number of hydrogen-bond donors (Lipinski definition) is 3. The average molecular weight is 450 g/mol. The van der Waals surface area contributed by atoms with Crippen LogP contribution in [0.3, 0.4) is 0 Å². The van der Waals surface area contributed by atoms with Crippen molar-refractivity contribution in [1.29, 1.82) is 0 Å². The minimum Gasteiger partial charge on any atom is -0.478 e. The molecule has 4 N–H and O–H groups in total. The van der Waals surface area contributed by atoms with Gasteiger partial charge in [-0.3, -0.25) is 4.79 Å². The van der Waals surface area contributed by atoms with Gasteiger partial charge in [0.2, 0.25) is 5.91 Å². The van der Waals surface area contributed by atoms with Crippen molar-refractivity contribution in [3.8, 4) is 11.1 Å². The largest absolute Gasteiger partial charge is 0.478 e. The Kier molecular flexibility index (Phi) is 6.09. The molecule has 0 aliphatic heterocycles. The molecule has 7 nitrogen and oxygen atoms in total. The molecule has 0 bridgehead atoms. The molecule has 0 saturated heterocycles. The lowest BCUT2D eigenvalue weighted by Gasteiger charge is -2.04. The van der Waals surface area contributed by atoms with Crippen molar-refractivity contribution in [2.45, 2.75) is 19.4 Å². The van der Waals surface area contributed by atoms with E-state index in [-0.39, 0.29) is 18.0 Å². The van der Waals surface area contributed by atoms with Gasteiger partial charge in [0, 0.05) is 18.0 Å². The average Bonchev–Trinajstić information content (AvgIpc) is 3.21. The molecule has 8 heteroatoms. The molecule has 2 aromatic carbocycles. The predicted octanol–water partition coefficient (Wildman–Crippen LogP) is 4.68. The SMILES string of the molecule is Nc1ccc(CCC(=O)NCc2cc3cc(-c4ccc(C(=O)O)cc4)cc(Cl)c3o2)cn1. The number of furan rings is 1. The molecule has 0 radical (unpaired) electrons. The molecule has 0 unspecified atom stereocenters. The standard InChI is InChI=1S/C24H20ClN3O4/c25-20-11-17(15-3-5-16(6-4-15)24(30)31)9-18-10-19(32-23(18)20)13-28-22(29)8-2-14-1-7-21(26)27-12-14/h1,3-7,9-12H,2,8,13H2,(H2,26,27)(H,28,29)(H,30,31). The number of carboxylic acids is 1. The molecule has 2 aromatic heterocycles. The lowest BCUT2D eigenvalue weighted by molar-refractivity contribution is -0.121. The number of benzene rings is 2. The maximum Gasteiger partial charge on any atom is 0.335 e. The van der Waals surface area contributed by atoms with Gasteiger partial charge in [-0.25, -0.2) is 9.78 Å². The van der Waals surface area contributed by atoms with Crippen molar-refractivity contribution in [3.63, 3.8) is 0 Å². The Morgan fingerprint density at radius 1 is 1.06 bits per heavy atom. The quantitative estimate of drug-likeness (QED) is 0.377. The van der Waals surface area contributed by atoms with Crippen molar-refractivity contribution in [1.82, 2.24) is 10.3 Å². The summed E-state index contributed by atoms with van der Waals surface area (Å²) in [5.41, 5.74) is 8.94. The van der Waals surface area contributed by atoms with Crippen LogP contribution in [0.1, 0.15) is 28.1 Å². The van der Waals surface area contributed by atoms with Crippen LogP contribution in [0.15, 0.2) is 65.2 Å². The molecule has 0 atom stereocenters. The number of amides is 1. The summed E-state index contributed by atoms with van der Waals surface area (Å²) in [6.07, 6.45) is 2.55. The summed E-state index contributed by atoms with van der Waals surface area (Å²) in [6, 6.07) is 15.6. The van der Waals surface area contributed by atoms with E-state index in [0.717, 1.165) is 22.1 Å². The third-order valence-corrected chi connectivity index (χ3v) is 5.32. The summed E-state index contributed by atoms with van der Waals surface area (Å²) in [5.74, 6) is -0.0470. The van der Waals surface area contributed by atoms with Crippen LogP contribution in [-0.4, -0.2) is 22.0 Å². The fraction of sp³-hybridized carbons (Fsp3) is 0.125. The van der Waals surface area contributed by atoms with E-state index in [2.05, 4.69) is 10.3 Å². The number of halogens is 1. The number of carbonyl (C=O) groups excluding carboxylic acids is 1.